The summed E-state index contributed by atoms with van der Waals surface area (Å²) in [4.78, 5) is 19.5. The maximum Gasteiger partial charge on any atom is 0.272 e. The molecule has 1 aromatic carbocycles. The first-order valence-corrected chi connectivity index (χ1v) is 9.44. The van der Waals surface area contributed by atoms with Gasteiger partial charge in [0.1, 0.15) is 5.69 Å². The zero-order valence-corrected chi connectivity index (χ0v) is 15.3. The van der Waals surface area contributed by atoms with Crippen molar-refractivity contribution >= 4 is 16.8 Å². The molecule has 138 valence electrons. The fourth-order valence-electron chi connectivity index (χ4n) is 4.47. The molecule has 1 atom stereocenters. The van der Waals surface area contributed by atoms with E-state index in [1.807, 2.05) is 41.3 Å². The first-order valence-electron chi connectivity index (χ1n) is 9.44. The third kappa shape index (κ3) is 3.21. The van der Waals surface area contributed by atoms with Crippen LogP contribution in [0.1, 0.15) is 29.8 Å². The quantitative estimate of drug-likeness (QED) is 0.850. The smallest absolute Gasteiger partial charge is 0.272 e. The Morgan fingerprint density at radius 1 is 1.23 bits per heavy atom. The van der Waals surface area contributed by atoms with E-state index in [-0.39, 0.29) is 11.3 Å². The summed E-state index contributed by atoms with van der Waals surface area (Å²) < 4.78 is 11.1. The minimum Gasteiger partial charge on any atom is -0.384 e. The van der Waals surface area contributed by atoms with Gasteiger partial charge in [-0.25, -0.2) is 4.98 Å². The van der Waals surface area contributed by atoms with Crippen molar-refractivity contribution < 1.29 is 14.3 Å². The molecule has 2 fully saturated rings. The van der Waals surface area contributed by atoms with E-state index in [1.54, 1.807) is 7.11 Å². The molecule has 1 aromatic heterocycles. The summed E-state index contributed by atoms with van der Waals surface area (Å²) >= 11 is 0. The third-order valence-electron chi connectivity index (χ3n) is 6.16. The zero-order valence-electron chi connectivity index (χ0n) is 15.3. The van der Waals surface area contributed by atoms with Crippen LogP contribution in [-0.2, 0) is 9.47 Å². The van der Waals surface area contributed by atoms with E-state index >= 15 is 0 Å². The predicted octanol–water partition coefficient (Wildman–Crippen LogP) is 3.14. The van der Waals surface area contributed by atoms with Crippen molar-refractivity contribution in [2.75, 3.05) is 40.0 Å². The molecule has 0 aliphatic carbocycles. The molecule has 2 saturated heterocycles. The first-order chi connectivity index (χ1) is 12.7. The average molecular weight is 354 g/mol. The molecule has 5 nitrogen and oxygen atoms in total. The van der Waals surface area contributed by atoms with Gasteiger partial charge in [-0.15, -0.1) is 0 Å². The Balaban J connectivity index is 1.47. The second kappa shape index (κ2) is 7.33. The van der Waals surface area contributed by atoms with Gasteiger partial charge in [0.2, 0.25) is 0 Å². The topological polar surface area (TPSA) is 51.7 Å². The number of carbonyl (C=O) groups excluding carboxylic acids is 1. The Morgan fingerprint density at radius 2 is 2.04 bits per heavy atom. The summed E-state index contributed by atoms with van der Waals surface area (Å²) in [6.07, 6.45) is 3.10. The monoisotopic (exact) mass is 354 g/mol. The Bertz CT molecular complexity index is 782. The largest absolute Gasteiger partial charge is 0.384 e. The summed E-state index contributed by atoms with van der Waals surface area (Å²) in [6, 6.07) is 11.7. The van der Waals surface area contributed by atoms with E-state index in [2.05, 4.69) is 4.98 Å². The third-order valence-corrected chi connectivity index (χ3v) is 6.16. The van der Waals surface area contributed by atoms with E-state index in [9.17, 15) is 4.79 Å². The van der Waals surface area contributed by atoms with Gasteiger partial charge in [-0.2, -0.15) is 0 Å². The highest BCUT2D eigenvalue weighted by molar-refractivity contribution is 5.95. The van der Waals surface area contributed by atoms with Gasteiger partial charge >= 0.3 is 0 Å². The van der Waals surface area contributed by atoms with Crippen molar-refractivity contribution in [3.8, 4) is 0 Å². The van der Waals surface area contributed by atoms with Crippen LogP contribution in [0, 0.1) is 11.3 Å². The number of nitrogens with zero attached hydrogens (tertiary/aromatic N) is 2. The van der Waals surface area contributed by atoms with E-state index in [4.69, 9.17) is 9.47 Å². The van der Waals surface area contributed by atoms with Gasteiger partial charge < -0.3 is 14.4 Å². The number of para-hydroxylation sites is 1. The van der Waals surface area contributed by atoms with Crippen molar-refractivity contribution in [3.63, 3.8) is 0 Å². The van der Waals surface area contributed by atoms with Crippen molar-refractivity contribution in [1.82, 2.24) is 9.88 Å². The van der Waals surface area contributed by atoms with Crippen molar-refractivity contribution in [2.45, 2.75) is 19.3 Å². The lowest BCUT2D eigenvalue weighted by Gasteiger charge is -2.48. The van der Waals surface area contributed by atoms with Crippen LogP contribution in [0.2, 0.25) is 0 Å². The highest BCUT2D eigenvalue weighted by Gasteiger charge is 2.44. The molecule has 3 heterocycles. The van der Waals surface area contributed by atoms with Crippen LogP contribution < -0.4 is 0 Å². The van der Waals surface area contributed by atoms with Gasteiger partial charge in [0.15, 0.2) is 0 Å². The molecular formula is C21H26N2O3. The number of hydrogen-bond acceptors (Lipinski definition) is 4. The lowest BCUT2D eigenvalue weighted by molar-refractivity contribution is -0.0912. The number of carbonyl (C=O) groups is 1. The fraction of sp³-hybridized carbons (Fsp3) is 0.524. The van der Waals surface area contributed by atoms with Gasteiger partial charge in [0.25, 0.3) is 5.91 Å². The predicted molar refractivity (Wildman–Crippen MR) is 100 cm³/mol. The number of ether oxygens (including phenoxy) is 2. The first kappa shape index (κ1) is 17.4. The Morgan fingerprint density at radius 3 is 2.85 bits per heavy atom. The van der Waals surface area contributed by atoms with Gasteiger partial charge in [-0.05, 0) is 36.8 Å². The van der Waals surface area contributed by atoms with Crippen molar-refractivity contribution in [3.05, 3.63) is 42.1 Å². The molecule has 1 amide bonds. The maximum atomic E-state index is 12.9. The average Bonchev–Trinajstić information content (AvgIpc) is 2.70. The molecular weight excluding hydrogens is 328 g/mol. The van der Waals surface area contributed by atoms with Gasteiger partial charge in [0, 0.05) is 38.1 Å². The highest BCUT2D eigenvalue weighted by atomic mass is 16.5. The molecule has 0 N–H and O–H groups in total. The summed E-state index contributed by atoms with van der Waals surface area (Å²) in [7, 11) is 1.76. The van der Waals surface area contributed by atoms with E-state index in [0.29, 0.717) is 11.6 Å². The number of rotatable bonds is 3. The van der Waals surface area contributed by atoms with Crippen LogP contribution in [0.25, 0.3) is 10.9 Å². The summed E-state index contributed by atoms with van der Waals surface area (Å²) in [5.41, 5.74) is 1.67. The summed E-state index contributed by atoms with van der Waals surface area (Å²) in [5.74, 6) is 0.471. The lowest BCUT2D eigenvalue weighted by Crippen LogP contribution is -2.50. The Labute approximate surface area is 154 Å². The Kier molecular flexibility index (Phi) is 4.92. The number of benzene rings is 1. The molecule has 0 bridgehead atoms. The standard InChI is InChI=1S/C21H26N2O3/c1-25-14-17-15-26-13-10-21(17)8-11-23(12-9-21)20(24)19-7-6-16-4-2-3-5-18(16)22-19/h2-7,17H,8-15H2,1H3/t17-/m1/s1. The zero-order chi connectivity index (χ0) is 18.0. The molecule has 2 aliphatic rings. The molecule has 2 aromatic rings. The molecule has 2 aliphatic heterocycles. The van der Waals surface area contributed by atoms with E-state index in [0.717, 1.165) is 63.1 Å². The van der Waals surface area contributed by atoms with Gasteiger partial charge in [0.05, 0.1) is 18.7 Å². The van der Waals surface area contributed by atoms with Gasteiger partial charge in [-0.1, -0.05) is 24.3 Å². The van der Waals surface area contributed by atoms with Crippen LogP contribution >= 0.6 is 0 Å². The minimum absolute atomic E-state index is 0.0426. The minimum atomic E-state index is 0.0426. The summed E-state index contributed by atoms with van der Waals surface area (Å²) in [6.45, 7) is 3.90. The Hall–Kier alpha value is -1.98. The summed E-state index contributed by atoms with van der Waals surface area (Å²) in [5, 5.41) is 1.06. The highest BCUT2D eigenvalue weighted by Crippen LogP contribution is 2.44. The molecule has 1 spiro atoms. The second-order valence-electron chi connectivity index (χ2n) is 7.52. The normalized spacial score (nSPS) is 22.7. The maximum absolute atomic E-state index is 12.9. The van der Waals surface area contributed by atoms with Crippen LogP contribution in [0.15, 0.2) is 36.4 Å². The van der Waals surface area contributed by atoms with Crippen LogP contribution in [0.5, 0.6) is 0 Å². The second-order valence-corrected chi connectivity index (χ2v) is 7.52. The molecule has 0 unspecified atom stereocenters. The van der Waals surface area contributed by atoms with Gasteiger partial charge in [-0.3, -0.25) is 4.79 Å². The number of fused-ring (bicyclic) bond motifs is 1. The number of pyridine rings is 1. The number of hydrogen-bond donors (Lipinski definition) is 0. The van der Waals surface area contributed by atoms with E-state index < -0.39 is 0 Å². The number of aromatic nitrogens is 1. The molecule has 26 heavy (non-hydrogen) atoms. The number of piperidine rings is 1. The van der Waals surface area contributed by atoms with Crippen molar-refractivity contribution in [1.29, 1.82) is 0 Å². The van der Waals surface area contributed by atoms with Crippen LogP contribution in [-0.4, -0.2) is 55.8 Å². The van der Waals surface area contributed by atoms with Crippen molar-refractivity contribution in [2.24, 2.45) is 11.3 Å². The SMILES string of the molecule is COC[C@@H]1COCCC12CCN(C(=O)c1ccc3ccccc3n1)CC2. The lowest BCUT2D eigenvalue weighted by atomic mass is 9.66. The number of likely N-dealkylation sites (tertiary alicyclic amines) is 1. The number of methoxy groups -OCH3 is 1. The number of amides is 1. The fourth-order valence-corrected chi connectivity index (χ4v) is 4.47. The van der Waals surface area contributed by atoms with E-state index in [1.165, 1.54) is 0 Å². The van der Waals surface area contributed by atoms with Crippen LogP contribution in [0.3, 0.4) is 0 Å². The van der Waals surface area contributed by atoms with Crippen LogP contribution in [0.4, 0.5) is 0 Å². The molecule has 5 heteroatoms. The molecule has 0 saturated carbocycles. The molecule has 0 radical (unpaired) electrons. The molecule has 4 rings (SSSR count).